The number of amides is 2. The van der Waals surface area contributed by atoms with E-state index >= 15 is 0 Å². The molecular formula is C11H21N3O2. The van der Waals surface area contributed by atoms with E-state index in [4.69, 9.17) is 5.73 Å². The van der Waals surface area contributed by atoms with Gasteiger partial charge in [0.25, 0.3) is 0 Å². The van der Waals surface area contributed by atoms with Gasteiger partial charge in [-0.25, -0.2) is 0 Å². The third-order valence-electron chi connectivity index (χ3n) is 3.27. The van der Waals surface area contributed by atoms with Gasteiger partial charge >= 0.3 is 0 Å². The van der Waals surface area contributed by atoms with E-state index in [0.717, 1.165) is 19.5 Å². The number of likely N-dealkylation sites (tertiary alicyclic amines) is 1. The Bertz CT molecular complexity index is 280. The molecule has 0 radical (unpaired) electrons. The Morgan fingerprint density at radius 2 is 2.19 bits per heavy atom. The molecule has 2 atom stereocenters. The first-order chi connectivity index (χ1) is 7.47. The zero-order chi connectivity index (χ0) is 12.3. The fourth-order valence-electron chi connectivity index (χ4n) is 2.24. The SMILES string of the molecule is CCC(C(N)=O)N(C)C(=O)[C@H]1CCN(C)C1. The molecule has 2 amide bonds. The summed E-state index contributed by atoms with van der Waals surface area (Å²) in [6, 6.07) is -0.474. The average molecular weight is 227 g/mol. The van der Waals surface area contributed by atoms with Crippen molar-refractivity contribution in [3.63, 3.8) is 0 Å². The van der Waals surface area contributed by atoms with Crippen LogP contribution in [0.25, 0.3) is 0 Å². The summed E-state index contributed by atoms with van der Waals surface area (Å²) in [6.07, 6.45) is 1.44. The van der Waals surface area contributed by atoms with Gasteiger partial charge in [-0.15, -0.1) is 0 Å². The summed E-state index contributed by atoms with van der Waals surface area (Å²) in [5, 5.41) is 0. The molecule has 0 aromatic carbocycles. The van der Waals surface area contributed by atoms with Crippen LogP contribution < -0.4 is 5.73 Å². The predicted molar refractivity (Wildman–Crippen MR) is 61.6 cm³/mol. The van der Waals surface area contributed by atoms with E-state index in [9.17, 15) is 9.59 Å². The third kappa shape index (κ3) is 2.72. The summed E-state index contributed by atoms with van der Waals surface area (Å²) < 4.78 is 0. The lowest BCUT2D eigenvalue weighted by molar-refractivity contribution is -0.140. The first kappa shape index (κ1) is 13.0. The average Bonchev–Trinajstić information content (AvgIpc) is 2.64. The molecule has 0 bridgehead atoms. The van der Waals surface area contributed by atoms with Gasteiger partial charge in [-0.2, -0.15) is 0 Å². The molecule has 1 fully saturated rings. The van der Waals surface area contributed by atoms with Crippen molar-refractivity contribution < 1.29 is 9.59 Å². The second-order valence-corrected chi connectivity index (χ2v) is 4.52. The van der Waals surface area contributed by atoms with E-state index in [1.165, 1.54) is 4.90 Å². The van der Waals surface area contributed by atoms with Crippen LogP contribution in [-0.4, -0.2) is 54.8 Å². The molecule has 5 heteroatoms. The van der Waals surface area contributed by atoms with E-state index < -0.39 is 11.9 Å². The number of primary amides is 1. The standard InChI is InChI=1S/C11H21N3O2/c1-4-9(10(12)15)14(3)11(16)8-5-6-13(2)7-8/h8-9H,4-7H2,1-3H3,(H2,12,15)/t8-,9?/m0/s1. The maximum absolute atomic E-state index is 12.1. The molecule has 0 aromatic heterocycles. The van der Waals surface area contributed by atoms with E-state index in [1.807, 2.05) is 14.0 Å². The fourth-order valence-corrected chi connectivity index (χ4v) is 2.24. The lowest BCUT2D eigenvalue weighted by atomic mass is 10.1. The van der Waals surface area contributed by atoms with E-state index in [0.29, 0.717) is 6.42 Å². The van der Waals surface area contributed by atoms with Crippen molar-refractivity contribution in [3.8, 4) is 0 Å². The molecule has 5 nitrogen and oxygen atoms in total. The van der Waals surface area contributed by atoms with Crippen LogP contribution in [0.5, 0.6) is 0 Å². The van der Waals surface area contributed by atoms with Gasteiger partial charge in [0, 0.05) is 13.6 Å². The van der Waals surface area contributed by atoms with Gasteiger partial charge < -0.3 is 15.5 Å². The summed E-state index contributed by atoms with van der Waals surface area (Å²) >= 11 is 0. The number of nitrogens with two attached hydrogens (primary N) is 1. The van der Waals surface area contributed by atoms with E-state index in [-0.39, 0.29) is 11.8 Å². The molecule has 1 aliphatic rings. The number of hydrogen-bond donors (Lipinski definition) is 1. The normalized spacial score (nSPS) is 23.1. The summed E-state index contributed by atoms with van der Waals surface area (Å²) in [5.74, 6) is -0.372. The van der Waals surface area contributed by atoms with Gasteiger partial charge in [0.2, 0.25) is 11.8 Å². The Hall–Kier alpha value is -1.10. The highest BCUT2D eigenvalue weighted by Crippen LogP contribution is 2.18. The van der Waals surface area contributed by atoms with Gasteiger partial charge in [0.15, 0.2) is 0 Å². The van der Waals surface area contributed by atoms with Crippen LogP contribution in [0.4, 0.5) is 0 Å². The number of likely N-dealkylation sites (N-methyl/N-ethyl adjacent to an activating group) is 1. The molecule has 0 saturated carbocycles. The summed E-state index contributed by atoms with van der Waals surface area (Å²) in [4.78, 5) is 26.9. The van der Waals surface area contributed by atoms with Crippen molar-refractivity contribution >= 4 is 11.8 Å². The van der Waals surface area contributed by atoms with Gasteiger partial charge in [-0.1, -0.05) is 6.92 Å². The predicted octanol–water partition coefficient (Wildman–Crippen LogP) is -0.340. The molecular weight excluding hydrogens is 206 g/mol. The number of carbonyl (C=O) groups is 2. The Morgan fingerprint density at radius 1 is 1.56 bits per heavy atom. The van der Waals surface area contributed by atoms with Gasteiger partial charge in [-0.3, -0.25) is 9.59 Å². The van der Waals surface area contributed by atoms with Crippen LogP contribution in [0.15, 0.2) is 0 Å². The lowest BCUT2D eigenvalue weighted by Crippen LogP contribution is -2.47. The van der Waals surface area contributed by atoms with Gasteiger partial charge in [0.05, 0.1) is 5.92 Å². The van der Waals surface area contributed by atoms with Crippen LogP contribution in [0.3, 0.4) is 0 Å². The maximum atomic E-state index is 12.1. The van der Waals surface area contributed by atoms with Crippen LogP contribution in [0.1, 0.15) is 19.8 Å². The Morgan fingerprint density at radius 3 is 2.56 bits per heavy atom. The highest BCUT2D eigenvalue weighted by Gasteiger charge is 2.32. The monoisotopic (exact) mass is 227 g/mol. The molecule has 0 spiro atoms. The van der Waals surface area contributed by atoms with Crippen molar-refractivity contribution in [1.82, 2.24) is 9.80 Å². The summed E-state index contributed by atoms with van der Waals surface area (Å²) in [5.41, 5.74) is 5.27. The highest BCUT2D eigenvalue weighted by atomic mass is 16.2. The first-order valence-electron chi connectivity index (χ1n) is 5.71. The first-order valence-corrected chi connectivity index (χ1v) is 5.71. The molecule has 0 aromatic rings. The number of hydrogen-bond acceptors (Lipinski definition) is 3. The third-order valence-corrected chi connectivity index (χ3v) is 3.27. The smallest absolute Gasteiger partial charge is 0.240 e. The molecule has 1 heterocycles. The minimum atomic E-state index is -0.474. The highest BCUT2D eigenvalue weighted by molar-refractivity contribution is 5.87. The number of rotatable bonds is 4. The van der Waals surface area contributed by atoms with Gasteiger partial charge in [-0.05, 0) is 26.4 Å². The molecule has 16 heavy (non-hydrogen) atoms. The molecule has 1 rings (SSSR count). The number of carbonyl (C=O) groups excluding carboxylic acids is 2. The minimum Gasteiger partial charge on any atom is -0.368 e. The second-order valence-electron chi connectivity index (χ2n) is 4.52. The Balaban J connectivity index is 2.62. The summed E-state index contributed by atoms with van der Waals surface area (Å²) in [6.45, 7) is 3.58. The van der Waals surface area contributed by atoms with Crippen molar-refractivity contribution in [2.24, 2.45) is 11.7 Å². The van der Waals surface area contributed by atoms with Gasteiger partial charge in [0.1, 0.15) is 6.04 Å². The second kappa shape index (κ2) is 5.30. The van der Waals surface area contributed by atoms with E-state index in [2.05, 4.69) is 4.90 Å². The molecule has 2 N–H and O–H groups in total. The largest absolute Gasteiger partial charge is 0.368 e. The van der Waals surface area contributed by atoms with Crippen LogP contribution in [-0.2, 0) is 9.59 Å². The molecule has 0 aliphatic carbocycles. The van der Waals surface area contributed by atoms with Crippen molar-refractivity contribution in [1.29, 1.82) is 0 Å². The Kier molecular flexibility index (Phi) is 4.29. The van der Waals surface area contributed by atoms with Crippen LogP contribution in [0, 0.1) is 5.92 Å². The zero-order valence-corrected chi connectivity index (χ0v) is 10.3. The molecule has 92 valence electrons. The maximum Gasteiger partial charge on any atom is 0.240 e. The van der Waals surface area contributed by atoms with Crippen molar-refractivity contribution in [3.05, 3.63) is 0 Å². The number of nitrogens with zero attached hydrogens (tertiary/aromatic N) is 2. The van der Waals surface area contributed by atoms with Crippen LogP contribution >= 0.6 is 0 Å². The van der Waals surface area contributed by atoms with Crippen LogP contribution in [0.2, 0.25) is 0 Å². The topological polar surface area (TPSA) is 66.6 Å². The molecule has 1 aliphatic heterocycles. The quantitative estimate of drug-likeness (QED) is 0.714. The fraction of sp³-hybridized carbons (Fsp3) is 0.818. The zero-order valence-electron chi connectivity index (χ0n) is 10.3. The molecule has 1 saturated heterocycles. The molecule has 1 unspecified atom stereocenters. The summed E-state index contributed by atoms with van der Waals surface area (Å²) in [7, 11) is 3.66. The van der Waals surface area contributed by atoms with E-state index in [1.54, 1.807) is 7.05 Å². The van der Waals surface area contributed by atoms with Crippen molar-refractivity contribution in [2.75, 3.05) is 27.2 Å². The van der Waals surface area contributed by atoms with Crippen molar-refractivity contribution in [2.45, 2.75) is 25.8 Å². The lowest BCUT2D eigenvalue weighted by Gasteiger charge is -2.27. The Labute approximate surface area is 96.6 Å². The minimum absolute atomic E-state index is 0.0170.